The van der Waals surface area contributed by atoms with Gasteiger partial charge >= 0.3 is 0 Å². The summed E-state index contributed by atoms with van der Waals surface area (Å²) in [5.74, 6) is 0.160. The van der Waals surface area contributed by atoms with Crippen LogP contribution >= 0.6 is 0 Å². The van der Waals surface area contributed by atoms with Gasteiger partial charge in [0, 0.05) is 24.3 Å². The molecule has 0 atom stereocenters. The molecular formula is C13H19N3O. The molecule has 4 nitrogen and oxygen atoms in total. The summed E-state index contributed by atoms with van der Waals surface area (Å²) in [5.41, 5.74) is 7.51. The van der Waals surface area contributed by atoms with Crippen LogP contribution in [0.5, 0.6) is 0 Å². The van der Waals surface area contributed by atoms with Gasteiger partial charge in [-0.25, -0.2) is 0 Å². The summed E-state index contributed by atoms with van der Waals surface area (Å²) in [6.07, 6.45) is 5.20. The molecule has 4 heteroatoms. The molecule has 1 aromatic carbocycles. The Hall–Kier alpha value is -1.71. The number of rotatable bonds is 2. The van der Waals surface area contributed by atoms with E-state index in [0.29, 0.717) is 0 Å². The molecule has 1 fully saturated rings. The molecule has 1 aromatic rings. The summed E-state index contributed by atoms with van der Waals surface area (Å²) < 4.78 is 0. The average Bonchev–Trinajstić information content (AvgIpc) is 2.67. The lowest BCUT2D eigenvalue weighted by Crippen LogP contribution is -2.24. The molecule has 0 saturated carbocycles. The topological polar surface area (TPSA) is 61.9 Å². The minimum atomic E-state index is 0.160. The van der Waals surface area contributed by atoms with Gasteiger partial charge in [0.05, 0.1) is 0 Å². The summed E-state index contributed by atoms with van der Waals surface area (Å²) in [7, 11) is 0. The smallest absolute Gasteiger partial charge is 0.170 e. The molecule has 0 aliphatic carbocycles. The Morgan fingerprint density at radius 3 is 2.18 bits per heavy atom. The number of hydrogen-bond acceptors (Lipinski definition) is 3. The van der Waals surface area contributed by atoms with Gasteiger partial charge in [-0.05, 0) is 37.1 Å². The van der Waals surface area contributed by atoms with Crippen LogP contribution in [0.2, 0.25) is 0 Å². The summed E-state index contributed by atoms with van der Waals surface area (Å²) in [6.45, 7) is 2.26. The molecule has 1 aliphatic rings. The second-order valence-corrected chi connectivity index (χ2v) is 4.43. The fourth-order valence-electron chi connectivity index (χ4n) is 2.23. The van der Waals surface area contributed by atoms with E-state index >= 15 is 0 Å². The van der Waals surface area contributed by atoms with Crippen LogP contribution in [0.1, 0.15) is 31.2 Å². The lowest BCUT2D eigenvalue weighted by atomic mass is 10.2. The third kappa shape index (κ3) is 2.90. The van der Waals surface area contributed by atoms with Gasteiger partial charge in [0.25, 0.3) is 0 Å². The molecule has 0 radical (unpaired) electrons. The number of benzene rings is 1. The predicted molar refractivity (Wildman–Crippen MR) is 69.6 cm³/mol. The Kier molecular flexibility index (Phi) is 3.85. The van der Waals surface area contributed by atoms with Gasteiger partial charge in [0.2, 0.25) is 0 Å². The van der Waals surface area contributed by atoms with Crippen molar-refractivity contribution in [1.82, 2.24) is 0 Å². The third-order valence-corrected chi connectivity index (χ3v) is 3.24. The van der Waals surface area contributed by atoms with Gasteiger partial charge in [0.1, 0.15) is 0 Å². The second-order valence-electron chi connectivity index (χ2n) is 4.43. The van der Waals surface area contributed by atoms with E-state index in [0.717, 1.165) is 18.7 Å². The van der Waals surface area contributed by atoms with Crippen molar-refractivity contribution >= 4 is 11.5 Å². The first-order valence-electron chi connectivity index (χ1n) is 6.14. The normalized spacial score (nSPS) is 17.9. The zero-order valence-electron chi connectivity index (χ0n) is 9.97. The molecule has 0 unspecified atom stereocenters. The highest BCUT2D eigenvalue weighted by atomic mass is 16.4. The van der Waals surface area contributed by atoms with E-state index in [1.807, 2.05) is 24.3 Å². The Morgan fingerprint density at radius 1 is 1.06 bits per heavy atom. The molecule has 0 spiro atoms. The van der Waals surface area contributed by atoms with Crippen molar-refractivity contribution in [3.8, 4) is 0 Å². The van der Waals surface area contributed by atoms with Gasteiger partial charge in [-0.3, -0.25) is 0 Å². The number of hydrogen-bond donors (Lipinski definition) is 2. The van der Waals surface area contributed by atoms with Gasteiger partial charge in [0.15, 0.2) is 5.84 Å². The minimum absolute atomic E-state index is 0.160. The molecular weight excluding hydrogens is 214 g/mol. The summed E-state index contributed by atoms with van der Waals surface area (Å²) in [5, 5.41) is 11.6. The quantitative estimate of drug-likeness (QED) is 0.356. The zero-order valence-corrected chi connectivity index (χ0v) is 9.97. The van der Waals surface area contributed by atoms with Gasteiger partial charge in [-0.2, -0.15) is 0 Å². The molecule has 2 rings (SSSR count). The first kappa shape index (κ1) is 11.8. The van der Waals surface area contributed by atoms with Crippen LogP contribution in [-0.2, 0) is 0 Å². The molecule has 17 heavy (non-hydrogen) atoms. The van der Waals surface area contributed by atoms with E-state index in [1.165, 1.54) is 31.4 Å². The van der Waals surface area contributed by atoms with Crippen LogP contribution in [-0.4, -0.2) is 24.1 Å². The van der Waals surface area contributed by atoms with Crippen LogP contribution in [0.3, 0.4) is 0 Å². The number of oxime groups is 1. The fourth-order valence-corrected chi connectivity index (χ4v) is 2.23. The standard InChI is InChI=1S/C13H19N3O/c14-13(15-17)11-5-7-12(8-6-11)16-9-3-1-2-4-10-16/h5-8,17H,1-4,9-10H2,(H2,14,15). The number of anilines is 1. The van der Waals surface area contributed by atoms with Crippen molar-refractivity contribution in [1.29, 1.82) is 0 Å². The highest BCUT2D eigenvalue weighted by Gasteiger charge is 2.09. The maximum absolute atomic E-state index is 8.60. The molecule has 3 N–H and O–H groups in total. The molecule has 1 aliphatic heterocycles. The van der Waals surface area contributed by atoms with Crippen molar-refractivity contribution in [3.63, 3.8) is 0 Å². The SMILES string of the molecule is N/C(=N\O)c1ccc(N2CCCCCC2)cc1. The van der Waals surface area contributed by atoms with Crippen molar-refractivity contribution in [2.75, 3.05) is 18.0 Å². The maximum atomic E-state index is 8.60. The van der Waals surface area contributed by atoms with Crippen molar-refractivity contribution in [3.05, 3.63) is 29.8 Å². The van der Waals surface area contributed by atoms with Gasteiger partial charge in [-0.15, -0.1) is 0 Å². The van der Waals surface area contributed by atoms with Crippen molar-refractivity contribution < 1.29 is 5.21 Å². The summed E-state index contributed by atoms with van der Waals surface area (Å²) in [6, 6.07) is 7.88. The van der Waals surface area contributed by atoms with Crippen LogP contribution in [0.25, 0.3) is 0 Å². The van der Waals surface area contributed by atoms with E-state index in [1.54, 1.807) is 0 Å². The average molecular weight is 233 g/mol. The Bertz CT molecular complexity index is 378. The fraction of sp³-hybridized carbons (Fsp3) is 0.462. The lowest BCUT2D eigenvalue weighted by molar-refractivity contribution is 0.318. The van der Waals surface area contributed by atoms with E-state index in [9.17, 15) is 0 Å². The molecule has 0 bridgehead atoms. The van der Waals surface area contributed by atoms with Gasteiger partial charge < -0.3 is 15.8 Å². The summed E-state index contributed by atoms with van der Waals surface area (Å²) in [4.78, 5) is 2.41. The summed E-state index contributed by atoms with van der Waals surface area (Å²) >= 11 is 0. The lowest BCUT2D eigenvalue weighted by Gasteiger charge is -2.22. The number of amidine groups is 1. The monoisotopic (exact) mass is 233 g/mol. The van der Waals surface area contributed by atoms with Crippen molar-refractivity contribution in [2.24, 2.45) is 10.9 Å². The number of nitrogens with two attached hydrogens (primary N) is 1. The van der Waals surface area contributed by atoms with E-state index in [-0.39, 0.29) is 5.84 Å². The molecule has 1 saturated heterocycles. The van der Waals surface area contributed by atoms with Crippen LogP contribution < -0.4 is 10.6 Å². The van der Waals surface area contributed by atoms with Crippen molar-refractivity contribution in [2.45, 2.75) is 25.7 Å². The van der Waals surface area contributed by atoms with Gasteiger partial charge in [-0.1, -0.05) is 18.0 Å². The van der Waals surface area contributed by atoms with Crippen LogP contribution in [0, 0.1) is 0 Å². The highest BCUT2D eigenvalue weighted by Crippen LogP contribution is 2.19. The molecule has 0 amide bonds. The third-order valence-electron chi connectivity index (χ3n) is 3.24. The minimum Gasteiger partial charge on any atom is -0.409 e. The number of nitrogens with zero attached hydrogens (tertiary/aromatic N) is 2. The first-order chi connectivity index (χ1) is 8.31. The maximum Gasteiger partial charge on any atom is 0.170 e. The Morgan fingerprint density at radius 2 is 1.65 bits per heavy atom. The predicted octanol–water partition coefficient (Wildman–Crippen LogP) is 2.16. The molecule has 1 heterocycles. The molecule has 0 aromatic heterocycles. The van der Waals surface area contributed by atoms with E-state index in [2.05, 4.69) is 10.1 Å². The van der Waals surface area contributed by atoms with Crippen LogP contribution in [0.4, 0.5) is 5.69 Å². The Labute approximate surface area is 102 Å². The molecule has 92 valence electrons. The Balaban J connectivity index is 2.11. The van der Waals surface area contributed by atoms with E-state index < -0.39 is 0 Å². The van der Waals surface area contributed by atoms with Crippen LogP contribution in [0.15, 0.2) is 29.4 Å². The van der Waals surface area contributed by atoms with E-state index in [4.69, 9.17) is 10.9 Å². The zero-order chi connectivity index (χ0) is 12.1. The largest absolute Gasteiger partial charge is 0.409 e. The first-order valence-corrected chi connectivity index (χ1v) is 6.14. The highest BCUT2D eigenvalue weighted by molar-refractivity contribution is 5.97. The second kappa shape index (κ2) is 5.57.